The summed E-state index contributed by atoms with van der Waals surface area (Å²) in [6.45, 7) is 5.15. The first-order valence-electron chi connectivity index (χ1n) is 6.68. The smallest absolute Gasteiger partial charge is 0.238 e. The average molecular weight is 266 g/mol. The first-order valence-corrected chi connectivity index (χ1v) is 6.68. The van der Waals surface area contributed by atoms with Crippen LogP contribution < -0.4 is 5.32 Å². The molecular formula is C13H22N4O2. The van der Waals surface area contributed by atoms with Crippen molar-refractivity contribution in [1.82, 2.24) is 14.7 Å². The van der Waals surface area contributed by atoms with Crippen LogP contribution in [0, 0.1) is 13.8 Å². The molecule has 0 bridgehead atoms. The fraction of sp³-hybridized carbons (Fsp3) is 0.692. The highest BCUT2D eigenvalue weighted by molar-refractivity contribution is 5.93. The zero-order valence-electron chi connectivity index (χ0n) is 11.8. The number of nitrogens with one attached hydrogen (secondary N) is 1. The van der Waals surface area contributed by atoms with Gasteiger partial charge in [0.1, 0.15) is 0 Å². The molecular weight excluding hydrogens is 244 g/mol. The van der Waals surface area contributed by atoms with E-state index in [0.717, 1.165) is 36.5 Å². The topological polar surface area (TPSA) is 70.4 Å². The molecule has 0 aliphatic carbocycles. The summed E-state index contributed by atoms with van der Waals surface area (Å²) in [5.74, 6) is -0.0421. The van der Waals surface area contributed by atoms with Gasteiger partial charge in [-0.25, -0.2) is 0 Å². The van der Waals surface area contributed by atoms with Gasteiger partial charge in [-0.05, 0) is 33.2 Å². The van der Waals surface area contributed by atoms with Crippen molar-refractivity contribution in [2.45, 2.75) is 32.7 Å². The normalized spacial score (nSPS) is 19.9. The maximum atomic E-state index is 12.1. The van der Waals surface area contributed by atoms with E-state index in [9.17, 15) is 9.90 Å². The molecule has 1 aromatic heterocycles. The summed E-state index contributed by atoms with van der Waals surface area (Å²) in [5, 5.41) is 16.4. The summed E-state index contributed by atoms with van der Waals surface area (Å²) in [7, 11) is 1.86. The van der Waals surface area contributed by atoms with Crippen molar-refractivity contribution in [2.24, 2.45) is 7.05 Å². The Kier molecular flexibility index (Phi) is 4.21. The summed E-state index contributed by atoms with van der Waals surface area (Å²) >= 11 is 0. The molecule has 2 heterocycles. The van der Waals surface area contributed by atoms with Crippen LogP contribution in [0.4, 0.5) is 5.69 Å². The molecule has 0 unspecified atom stereocenters. The summed E-state index contributed by atoms with van der Waals surface area (Å²) in [6, 6.07) is 0.127. The summed E-state index contributed by atoms with van der Waals surface area (Å²) in [5.41, 5.74) is 2.58. The number of aliphatic hydroxyl groups excluding tert-OH is 1. The lowest BCUT2D eigenvalue weighted by Gasteiger charge is -2.21. The number of hydrogen-bond acceptors (Lipinski definition) is 4. The third-order valence-electron chi connectivity index (χ3n) is 3.83. The summed E-state index contributed by atoms with van der Waals surface area (Å²) in [4.78, 5) is 14.1. The fourth-order valence-electron chi connectivity index (χ4n) is 2.63. The average Bonchev–Trinajstić information content (AvgIpc) is 2.89. The van der Waals surface area contributed by atoms with Crippen molar-refractivity contribution in [3.05, 3.63) is 11.4 Å². The number of hydrogen-bond donors (Lipinski definition) is 2. The van der Waals surface area contributed by atoms with Gasteiger partial charge >= 0.3 is 0 Å². The number of aryl methyl sites for hydroxylation is 2. The monoisotopic (exact) mass is 266 g/mol. The van der Waals surface area contributed by atoms with Crippen LogP contribution in [-0.4, -0.2) is 51.4 Å². The van der Waals surface area contributed by atoms with Crippen molar-refractivity contribution in [3.63, 3.8) is 0 Å². The molecule has 106 valence electrons. The molecule has 0 radical (unpaired) electrons. The van der Waals surface area contributed by atoms with Gasteiger partial charge in [0.05, 0.1) is 30.2 Å². The minimum absolute atomic E-state index is 0.0421. The third kappa shape index (κ3) is 2.96. The van der Waals surface area contributed by atoms with Crippen molar-refractivity contribution in [3.8, 4) is 0 Å². The van der Waals surface area contributed by atoms with E-state index in [4.69, 9.17) is 0 Å². The zero-order chi connectivity index (χ0) is 14.0. The fourth-order valence-corrected chi connectivity index (χ4v) is 2.63. The SMILES string of the molecule is Cc1nn(C)c(C)c1NC(=O)CN1CCC[C@H]1CO. The largest absolute Gasteiger partial charge is 0.395 e. The number of likely N-dealkylation sites (tertiary alicyclic amines) is 1. The minimum Gasteiger partial charge on any atom is -0.395 e. The third-order valence-corrected chi connectivity index (χ3v) is 3.83. The molecule has 1 aliphatic rings. The molecule has 1 fully saturated rings. The predicted octanol–water partition coefficient (Wildman–Crippen LogP) is 0.432. The number of aromatic nitrogens is 2. The van der Waals surface area contributed by atoms with Crippen molar-refractivity contribution >= 4 is 11.6 Å². The van der Waals surface area contributed by atoms with Gasteiger partial charge in [-0.2, -0.15) is 5.10 Å². The second-order valence-electron chi connectivity index (χ2n) is 5.17. The molecule has 2 N–H and O–H groups in total. The molecule has 0 spiro atoms. The van der Waals surface area contributed by atoms with Crippen LogP contribution in [-0.2, 0) is 11.8 Å². The van der Waals surface area contributed by atoms with Gasteiger partial charge in [-0.3, -0.25) is 14.4 Å². The van der Waals surface area contributed by atoms with E-state index in [1.807, 2.05) is 25.8 Å². The van der Waals surface area contributed by atoms with Gasteiger partial charge in [0.15, 0.2) is 0 Å². The predicted molar refractivity (Wildman–Crippen MR) is 73.0 cm³/mol. The number of carbonyl (C=O) groups excluding carboxylic acids is 1. The number of carbonyl (C=O) groups is 1. The molecule has 6 nitrogen and oxygen atoms in total. The Morgan fingerprint density at radius 1 is 1.53 bits per heavy atom. The van der Waals surface area contributed by atoms with E-state index < -0.39 is 0 Å². The van der Waals surface area contributed by atoms with Crippen LogP contribution in [0.5, 0.6) is 0 Å². The molecule has 1 amide bonds. The molecule has 2 rings (SSSR count). The Hall–Kier alpha value is -1.40. The standard InChI is InChI=1S/C13H22N4O2/c1-9-13(10(2)16(3)15-9)14-12(19)7-17-6-4-5-11(17)8-18/h11,18H,4-8H2,1-3H3,(H,14,19)/t11-/m0/s1. The van der Waals surface area contributed by atoms with Crippen LogP contribution in [0.15, 0.2) is 0 Å². The van der Waals surface area contributed by atoms with Crippen molar-refractivity contribution in [2.75, 3.05) is 25.0 Å². The van der Waals surface area contributed by atoms with Crippen LogP contribution in [0.1, 0.15) is 24.2 Å². The quantitative estimate of drug-likeness (QED) is 0.829. The lowest BCUT2D eigenvalue weighted by Crippen LogP contribution is -2.38. The van der Waals surface area contributed by atoms with Gasteiger partial charge in [-0.1, -0.05) is 0 Å². The van der Waals surface area contributed by atoms with Crippen molar-refractivity contribution < 1.29 is 9.90 Å². The number of anilines is 1. The number of amides is 1. The van der Waals surface area contributed by atoms with Gasteiger partial charge in [0.25, 0.3) is 0 Å². The Balaban J connectivity index is 1.98. The van der Waals surface area contributed by atoms with Crippen LogP contribution >= 0.6 is 0 Å². The Morgan fingerprint density at radius 3 is 2.84 bits per heavy atom. The maximum absolute atomic E-state index is 12.1. The maximum Gasteiger partial charge on any atom is 0.238 e. The van der Waals surface area contributed by atoms with E-state index in [2.05, 4.69) is 10.4 Å². The van der Waals surface area contributed by atoms with Crippen LogP contribution in [0.25, 0.3) is 0 Å². The highest BCUT2D eigenvalue weighted by Crippen LogP contribution is 2.19. The Bertz CT molecular complexity index is 469. The first-order chi connectivity index (χ1) is 9.02. The molecule has 0 aromatic carbocycles. The van der Waals surface area contributed by atoms with Gasteiger partial charge in [0.2, 0.25) is 5.91 Å². The number of rotatable bonds is 4. The van der Waals surface area contributed by atoms with E-state index >= 15 is 0 Å². The summed E-state index contributed by atoms with van der Waals surface area (Å²) < 4.78 is 1.76. The molecule has 1 aromatic rings. The van der Waals surface area contributed by atoms with Gasteiger partial charge in [-0.15, -0.1) is 0 Å². The molecule has 1 aliphatic heterocycles. The van der Waals surface area contributed by atoms with Crippen LogP contribution in [0.3, 0.4) is 0 Å². The Morgan fingerprint density at radius 2 is 2.26 bits per heavy atom. The lowest BCUT2D eigenvalue weighted by molar-refractivity contribution is -0.117. The molecule has 1 atom stereocenters. The lowest BCUT2D eigenvalue weighted by atomic mass is 10.2. The number of aliphatic hydroxyl groups is 1. The number of nitrogens with zero attached hydrogens (tertiary/aromatic N) is 3. The zero-order valence-corrected chi connectivity index (χ0v) is 11.8. The van der Waals surface area contributed by atoms with Crippen LogP contribution in [0.2, 0.25) is 0 Å². The second kappa shape index (κ2) is 5.71. The van der Waals surface area contributed by atoms with E-state index in [1.54, 1.807) is 4.68 Å². The minimum atomic E-state index is -0.0421. The van der Waals surface area contributed by atoms with E-state index in [1.165, 1.54) is 0 Å². The Labute approximate surface area is 113 Å². The van der Waals surface area contributed by atoms with Gasteiger partial charge in [0, 0.05) is 13.1 Å². The molecule has 19 heavy (non-hydrogen) atoms. The van der Waals surface area contributed by atoms with Crippen molar-refractivity contribution in [1.29, 1.82) is 0 Å². The molecule has 6 heteroatoms. The van der Waals surface area contributed by atoms with Gasteiger partial charge < -0.3 is 10.4 Å². The van der Waals surface area contributed by atoms with E-state index in [0.29, 0.717) is 6.54 Å². The highest BCUT2D eigenvalue weighted by atomic mass is 16.3. The molecule has 1 saturated heterocycles. The highest BCUT2D eigenvalue weighted by Gasteiger charge is 2.25. The molecule has 0 saturated carbocycles. The summed E-state index contributed by atoms with van der Waals surface area (Å²) in [6.07, 6.45) is 2.01. The first kappa shape index (κ1) is 14.0. The second-order valence-corrected chi connectivity index (χ2v) is 5.17. The van der Waals surface area contributed by atoms with E-state index in [-0.39, 0.29) is 18.6 Å².